The predicted octanol–water partition coefficient (Wildman–Crippen LogP) is 5.08. The van der Waals surface area contributed by atoms with Crippen LogP contribution in [0.1, 0.15) is 58.1 Å². The van der Waals surface area contributed by atoms with Crippen LogP contribution in [0.4, 0.5) is 0 Å². The number of halogens is 1. The fraction of sp³-hybridized carbons (Fsp3) is 0.667. The first-order chi connectivity index (χ1) is 10.0. The Morgan fingerprint density at radius 2 is 1.76 bits per heavy atom. The highest BCUT2D eigenvalue weighted by Gasteiger charge is 2.23. The van der Waals surface area contributed by atoms with Gasteiger partial charge in [-0.25, -0.2) is 0 Å². The molecule has 0 aromatic heterocycles. The van der Waals surface area contributed by atoms with E-state index in [1.165, 1.54) is 31.2 Å². The number of hydrogen-bond acceptors (Lipinski definition) is 2. The Balaban J connectivity index is 1.99. The maximum Gasteiger partial charge on any atom is 0.0953 e. The van der Waals surface area contributed by atoms with Gasteiger partial charge in [0, 0.05) is 17.1 Å². The molecule has 1 fully saturated rings. The average molecular weight is 354 g/mol. The summed E-state index contributed by atoms with van der Waals surface area (Å²) in [6.07, 6.45) is 5.58. The molecule has 1 aromatic rings. The second kappa shape index (κ2) is 8.30. The molecule has 2 rings (SSSR count). The van der Waals surface area contributed by atoms with Crippen molar-refractivity contribution in [1.82, 2.24) is 5.32 Å². The summed E-state index contributed by atoms with van der Waals surface area (Å²) in [7, 11) is 0. The van der Waals surface area contributed by atoms with E-state index < -0.39 is 0 Å². The molecule has 1 aromatic carbocycles. The number of benzene rings is 1. The van der Waals surface area contributed by atoms with E-state index in [-0.39, 0.29) is 6.10 Å². The van der Waals surface area contributed by atoms with Crippen molar-refractivity contribution >= 4 is 15.9 Å². The van der Waals surface area contributed by atoms with Crippen LogP contribution in [0.25, 0.3) is 0 Å². The van der Waals surface area contributed by atoms with Crippen LogP contribution in [0.15, 0.2) is 28.7 Å². The van der Waals surface area contributed by atoms with Gasteiger partial charge in [-0.05, 0) is 49.3 Å². The van der Waals surface area contributed by atoms with Crippen molar-refractivity contribution in [1.29, 1.82) is 0 Å². The van der Waals surface area contributed by atoms with Gasteiger partial charge in [-0.3, -0.25) is 0 Å². The Labute approximate surface area is 137 Å². The number of hydrogen-bond donors (Lipinski definition) is 1. The van der Waals surface area contributed by atoms with Crippen LogP contribution in [0.5, 0.6) is 0 Å². The second-order valence-corrected chi connectivity index (χ2v) is 7.54. The first-order valence-corrected chi connectivity index (χ1v) is 8.98. The van der Waals surface area contributed by atoms with E-state index >= 15 is 0 Å². The zero-order chi connectivity index (χ0) is 15.2. The van der Waals surface area contributed by atoms with Crippen molar-refractivity contribution < 1.29 is 4.74 Å². The van der Waals surface area contributed by atoms with Gasteiger partial charge in [-0.15, -0.1) is 0 Å². The summed E-state index contributed by atoms with van der Waals surface area (Å²) in [4.78, 5) is 0. The van der Waals surface area contributed by atoms with Gasteiger partial charge in [0.1, 0.15) is 0 Å². The molecule has 1 unspecified atom stereocenters. The molecule has 1 aliphatic carbocycles. The zero-order valence-corrected chi connectivity index (χ0v) is 15.0. The highest BCUT2D eigenvalue weighted by Crippen LogP contribution is 2.30. The van der Waals surface area contributed by atoms with E-state index in [0.717, 1.165) is 16.9 Å². The van der Waals surface area contributed by atoms with Crippen LogP contribution in [0.2, 0.25) is 0 Å². The van der Waals surface area contributed by atoms with Gasteiger partial charge in [-0.1, -0.05) is 48.8 Å². The fourth-order valence-electron chi connectivity index (χ4n) is 2.86. The molecule has 0 amide bonds. The van der Waals surface area contributed by atoms with Gasteiger partial charge >= 0.3 is 0 Å². The predicted molar refractivity (Wildman–Crippen MR) is 92.5 cm³/mol. The van der Waals surface area contributed by atoms with E-state index in [0.29, 0.717) is 12.1 Å². The standard InChI is InChI=1S/C18H28BrNO/c1-13(2)20-12-18(15-6-8-16(19)9-7-15)21-17-10-4-14(3)5-11-17/h6-9,13-14,17-18,20H,4-5,10-12H2,1-3H3. The third kappa shape index (κ3) is 5.72. The topological polar surface area (TPSA) is 21.3 Å². The van der Waals surface area contributed by atoms with E-state index in [9.17, 15) is 0 Å². The largest absolute Gasteiger partial charge is 0.369 e. The Morgan fingerprint density at radius 3 is 2.33 bits per heavy atom. The minimum atomic E-state index is 0.152. The van der Waals surface area contributed by atoms with Crippen LogP contribution >= 0.6 is 15.9 Å². The Morgan fingerprint density at radius 1 is 1.14 bits per heavy atom. The minimum Gasteiger partial charge on any atom is -0.369 e. The zero-order valence-electron chi connectivity index (χ0n) is 13.4. The lowest BCUT2D eigenvalue weighted by Crippen LogP contribution is -2.32. The molecule has 1 aliphatic rings. The van der Waals surface area contributed by atoms with Gasteiger partial charge < -0.3 is 10.1 Å². The van der Waals surface area contributed by atoms with Crippen molar-refractivity contribution in [3.05, 3.63) is 34.3 Å². The molecule has 0 aliphatic heterocycles. The summed E-state index contributed by atoms with van der Waals surface area (Å²) in [6, 6.07) is 9.02. The first-order valence-electron chi connectivity index (χ1n) is 8.19. The Kier molecular flexibility index (Phi) is 6.72. The lowest BCUT2D eigenvalue weighted by Gasteiger charge is -2.31. The van der Waals surface area contributed by atoms with Gasteiger partial charge in [0.05, 0.1) is 12.2 Å². The van der Waals surface area contributed by atoms with E-state index in [1.807, 2.05) is 0 Å². The van der Waals surface area contributed by atoms with Gasteiger partial charge in [0.2, 0.25) is 0 Å². The van der Waals surface area contributed by atoms with Crippen molar-refractivity contribution in [3.63, 3.8) is 0 Å². The van der Waals surface area contributed by atoms with E-state index in [2.05, 4.69) is 66.3 Å². The summed E-state index contributed by atoms with van der Waals surface area (Å²) in [5.74, 6) is 0.866. The molecule has 0 radical (unpaired) electrons. The SMILES string of the molecule is CC1CCC(OC(CNC(C)C)c2ccc(Br)cc2)CC1. The molecule has 1 atom stereocenters. The first kappa shape index (κ1) is 17.0. The summed E-state index contributed by atoms with van der Waals surface area (Å²) < 4.78 is 7.56. The molecule has 0 saturated heterocycles. The smallest absolute Gasteiger partial charge is 0.0953 e. The monoisotopic (exact) mass is 353 g/mol. The third-order valence-electron chi connectivity index (χ3n) is 4.27. The molecule has 2 nitrogen and oxygen atoms in total. The van der Waals surface area contributed by atoms with Crippen molar-refractivity contribution in [2.45, 2.75) is 64.7 Å². The third-order valence-corrected chi connectivity index (χ3v) is 4.80. The molecule has 118 valence electrons. The fourth-order valence-corrected chi connectivity index (χ4v) is 3.13. The number of nitrogens with one attached hydrogen (secondary N) is 1. The summed E-state index contributed by atoms with van der Waals surface area (Å²) in [5.41, 5.74) is 1.27. The molecule has 3 heteroatoms. The lowest BCUT2D eigenvalue weighted by molar-refractivity contribution is -0.0369. The minimum absolute atomic E-state index is 0.152. The maximum atomic E-state index is 6.44. The van der Waals surface area contributed by atoms with Gasteiger partial charge in [0.15, 0.2) is 0 Å². The number of ether oxygens (including phenoxy) is 1. The molecule has 1 N–H and O–H groups in total. The maximum absolute atomic E-state index is 6.44. The molecular weight excluding hydrogens is 326 g/mol. The highest BCUT2D eigenvalue weighted by molar-refractivity contribution is 9.10. The average Bonchev–Trinajstić information content (AvgIpc) is 2.46. The Hall–Kier alpha value is -0.380. The van der Waals surface area contributed by atoms with E-state index in [4.69, 9.17) is 4.74 Å². The van der Waals surface area contributed by atoms with Crippen LogP contribution in [0.3, 0.4) is 0 Å². The molecule has 21 heavy (non-hydrogen) atoms. The highest BCUT2D eigenvalue weighted by atomic mass is 79.9. The van der Waals surface area contributed by atoms with Crippen LogP contribution in [-0.2, 0) is 4.74 Å². The molecule has 1 saturated carbocycles. The van der Waals surface area contributed by atoms with Crippen molar-refractivity contribution in [2.75, 3.05) is 6.54 Å². The molecule has 0 heterocycles. The lowest BCUT2D eigenvalue weighted by atomic mass is 9.89. The van der Waals surface area contributed by atoms with E-state index in [1.54, 1.807) is 0 Å². The summed E-state index contributed by atoms with van der Waals surface area (Å²) in [5, 5.41) is 3.52. The van der Waals surface area contributed by atoms with Crippen molar-refractivity contribution in [3.8, 4) is 0 Å². The van der Waals surface area contributed by atoms with Crippen LogP contribution in [-0.4, -0.2) is 18.7 Å². The van der Waals surface area contributed by atoms with Crippen LogP contribution in [0, 0.1) is 5.92 Å². The molecular formula is C18H28BrNO. The molecule has 0 spiro atoms. The second-order valence-electron chi connectivity index (χ2n) is 6.62. The normalized spacial score (nSPS) is 24.2. The van der Waals surface area contributed by atoms with Gasteiger partial charge in [0.25, 0.3) is 0 Å². The van der Waals surface area contributed by atoms with Crippen molar-refractivity contribution in [2.24, 2.45) is 5.92 Å². The van der Waals surface area contributed by atoms with Crippen LogP contribution < -0.4 is 5.32 Å². The summed E-state index contributed by atoms with van der Waals surface area (Å²) in [6.45, 7) is 7.59. The Bertz CT molecular complexity index is 410. The quantitative estimate of drug-likeness (QED) is 0.769. The molecule has 0 bridgehead atoms. The number of rotatable bonds is 6. The van der Waals surface area contributed by atoms with Gasteiger partial charge in [-0.2, -0.15) is 0 Å². The summed E-state index contributed by atoms with van der Waals surface area (Å²) >= 11 is 3.51.